The highest BCUT2D eigenvalue weighted by atomic mass is 32.2. The van der Waals surface area contributed by atoms with Crippen molar-refractivity contribution >= 4 is 15.9 Å². The fourth-order valence-corrected chi connectivity index (χ4v) is 4.12. The molecule has 1 unspecified atom stereocenters. The van der Waals surface area contributed by atoms with Crippen LogP contribution in [0.15, 0.2) is 29.2 Å². The van der Waals surface area contributed by atoms with Crippen LogP contribution in [0.25, 0.3) is 0 Å². The number of benzene rings is 1. The number of hydrogen-bond acceptors (Lipinski definition) is 5. The minimum Gasteiger partial charge on any atom is -0.444 e. The molecule has 22 heavy (non-hydrogen) atoms. The summed E-state index contributed by atoms with van der Waals surface area (Å²) in [5, 5.41) is 5.80. The number of carbonyl (C=O) groups excluding carboxylic acids is 1. The summed E-state index contributed by atoms with van der Waals surface area (Å²) in [5.74, 6) is 0.0543. The maximum Gasteiger partial charge on any atom is 0.407 e. The normalized spacial score (nSPS) is 19.5. The lowest BCUT2D eigenvalue weighted by Gasteiger charge is -2.20. The minimum absolute atomic E-state index is 0.0543. The molecular weight excluding hydrogens is 304 g/mol. The van der Waals surface area contributed by atoms with Gasteiger partial charge < -0.3 is 15.4 Å². The van der Waals surface area contributed by atoms with Crippen molar-refractivity contribution in [3.8, 4) is 0 Å². The van der Waals surface area contributed by atoms with Crippen LogP contribution in [0.5, 0.6) is 0 Å². The van der Waals surface area contributed by atoms with Gasteiger partial charge in [-0.2, -0.15) is 0 Å². The minimum atomic E-state index is -3.21. The van der Waals surface area contributed by atoms with E-state index in [2.05, 4.69) is 10.6 Å². The first-order valence-electron chi connectivity index (χ1n) is 7.21. The Morgan fingerprint density at radius 3 is 2.64 bits per heavy atom. The van der Waals surface area contributed by atoms with Gasteiger partial charge in [0.25, 0.3) is 0 Å². The van der Waals surface area contributed by atoms with Gasteiger partial charge in [0.2, 0.25) is 0 Å². The van der Waals surface area contributed by atoms with Gasteiger partial charge in [0, 0.05) is 19.1 Å². The van der Waals surface area contributed by atoms with Gasteiger partial charge in [-0.3, -0.25) is 0 Å². The molecule has 0 saturated heterocycles. The molecule has 1 atom stereocenters. The fourth-order valence-electron chi connectivity index (χ4n) is 2.34. The summed E-state index contributed by atoms with van der Waals surface area (Å²) in [7, 11) is -3.21. The van der Waals surface area contributed by atoms with Crippen molar-refractivity contribution < 1.29 is 17.9 Å². The molecular formula is C15H22N2O4S. The average Bonchev–Trinajstić information content (AvgIpc) is 2.65. The SMILES string of the molecule is CC(C)(C)OC(=O)NCCNC1CS(=O)(=O)c2ccccc21. The zero-order valence-corrected chi connectivity index (χ0v) is 13.9. The first kappa shape index (κ1) is 16.8. The lowest BCUT2D eigenvalue weighted by atomic mass is 10.1. The Labute approximate surface area is 131 Å². The van der Waals surface area contributed by atoms with Gasteiger partial charge in [-0.1, -0.05) is 18.2 Å². The lowest BCUT2D eigenvalue weighted by molar-refractivity contribution is 0.0528. The highest BCUT2D eigenvalue weighted by Gasteiger charge is 2.33. The van der Waals surface area contributed by atoms with Crippen molar-refractivity contribution in [2.45, 2.75) is 37.3 Å². The Morgan fingerprint density at radius 1 is 1.27 bits per heavy atom. The van der Waals surface area contributed by atoms with Crippen LogP contribution in [0.2, 0.25) is 0 Å². The summed E-state index contributed by atoms with van der Waals surface area (Å²) in [6.07, 6.45) is -0.478. The van der Waals surface area contributed by atoms with Crippen LogP contribution in [-0.2, 0) is 14.6 Å². The van der Waals surface area contributed by atoms with E-state index < -0.39 is 21.5 Å². The Balaban J connectivity index is 1.83. The van der Waals surface area contributed by atoms with Gasteiger partial charge >= 0.3 is 6.09 Å². The Bertz CT molecular complexity index is 650. The number of fused-ring (bicyclic) bond motifs is 1. The first-order valence-corrected chi connectivity index (χ1v) is 8.86. The molecule has 0 radical (unpaired) electrons. The van der Waals surface area contributed by atoms with Gasteiger partial charge in [-0.15, -0.1) is 0 Å². The molecule has 0 fully saturated rings. The lowest BCUT2D eigenvalue weighted by Crippen LogP contribution is -2.37. The summed E-state index contributed by atoms with van der Waals surface area (Å²) in [6, 6.07) is 6.77. The number of rotatable bonds is 4. The Hall–Kier alpha value is -1.60. The Morgan fingerprint density at radius 2 is 1.95 bits per heavy atom. The second kappa shape index (κ2) is 6.26. The zero-order chi connectivity index (χ0) is 16.4. The van der Waals surface area contributed by atoms with Crippen LogP contribution in [0.1, 0.15) is 32.4 Å². The van der Waals surface area contributed by atoms with E-state index in [1.54, 1.807) is 32.9 Å². The van der Waals surface area contributed by atoms with Gasteiger partial charge in [-0.05, 0) is 32.4 Å². The van der Waals surface area contributed by atoms with Gasteiger partial charge in [-0.25, -0.2) is 13.2 Å². The third-order valence-electron chi connectivity index (χ3n) is 3.20. The molecule has 0 aliphatic carbocycles. The maximum absolute atomic E-state index is 12.0. The summed E-state index contributed by atoms with van der Waals surface area (Å²) < 4.78 is 29.2. The average molecular weight is 326 g/mol. The van der Waals surface area contributed by atoms with E-state index in [0.29, 0.717) is 18.0 Å². The number of alkyl carbamates (subject to hydrolysis) is 1. The highest BCUT2D eigenvalue weighted by Crippen LogP contribution is 2.32. The molecule has 0 spiro atoms. The van der Waals surface area contributed by atoms with Crippen molar-refractivity contribution in [3.05, 3.63) is 29.8 Å². The quantitative estimate of drug-likeness (QED) is 0.822. The summed E-state index contributed by atoms with van der Waals surface area (Å²) >= 11 is 0. The first-order chi connectivity index (χ1) is 10.2. The fraction of sp³-hybridized carbons (Fsp3) is 0.533. The second-order valence-electron chi connectivity index (χ2n) is 6.25. The molecule has 1 aliphatic rings. The largest absolute Gasteiger partial charge is 0.444 e. The van der Waals surface area contributed by atoms with Crippen molar-refractivity contribution in [2.75, 3.05) is 18.8 Å². The zero-order valence-electron chi connectivity index (χ0n) is 13.0. The van der Waals surface area contributed by atoms with E-state index in [1.165, 1.54) is 0 Å². The van der Waals surface area contributed by atoms with Gasteiger partial charge in [0.15, 0.2) is 9.84 Å². The Kier molecular flexibility index (Phi) is 4.77. The molecule has 7 heteroatoms. The van der Waals surface area contributed by atoms with Crippen LogP contribution in [0.3, 0.4) is 0 Å². The number of carbonyl (C=O) groups is 1. The number of amides is 1. The molecule has 1 aromatic rings. The molecule has 1 aliphatic heterocycles. The van der Waals surface area contributed by atoms with Crippen LogP contribution >= 0.6 is 0 Å². The molecule has 122 valence electrons. The number of sulfone groups is 1. The molecule has 2 N–H and O–H groups in total. The molecule has 0 saturated carbocycles. The molecule has 0 aromatic heterocycles. The van der Waals surface area contributed by atoms with Crippen LogP contribution in [0.4, 0.5) is 4.79 Å². The molecule has 1 aromatic carbocycles. The highest BCUT2D eigenvalue weighted by molar-refractivity contribution is 7.91. The molecule has 1 heterocycles. The second-order valence-corrected chi connectivity index (χ2v) is 8.26. The molecule has 6 nitrogen and oxygen atoms in total. The number of ether oxygens (including phenoxy) is 1. The molecule has 2 rings (SSSR count). The molecule has 0 bridgehead atoms. The van der Waals surface area contributed by atoms with Gasteiger partial charge in [0.05, 0.1) is 10.6 Å². The van der Waals surface area contributed by atoms with E-state index in [4.69, 9.17) is 4.74 Å². The van der Waals surface area contributed by atoms with Crippen molar-refractivity contribution in [2.24, 2.45) is 0 Å². The van der Waals surface area contributed by atoms with Crippen molar-refractivity contribution in [1.82, 2.24) is 10.6 Å². The van der Waals surface area contributed by atoms with Crippen molar-refractivity contribution in [3.63, 3.8) is 0 Å². The third-order valence-corrected chi connectivity index (χ3v) is 5.01. The topological polar surface area (TPSA) is 84.5 Å². The number of hydrogen-bond donors (Lipinski definition) is 2. The third kappa shape index (κ3) is 4.20. The smallest absolute Gasteiger partial charge is 0.407 e. The van der Waals surface area contributed by atoms with E-state index in [0.717, 1.165) is 5.56 Å². The van der Waals surface area contributed by atoms with Gasteiger partial charge in [0.1, 0.15) is 5.60 Å². The summed E-state index contributed by atoms with van der Waals surface area (Å²) in [6.45, 7) is 6.23. The predicted molar refractivity (Wildman–Crippen MR) is 83.5 cm³/mol. The summed E-state index contributed by atoms with van der Waals surface area (Å²) in [4.78, 5) is 11.9. The van der Waals surface area contributed by atoms with E-state index in [9.17, 15) is 13.2 Å². The van der Waals surface area contributed by atoms with Crippen molar-refractivity contribution in [1.29, 1.82) is 0 Å². The van der Waals surface area contributed by atoms with Crippen LogP contribution in [0, 0.1) is 0 Å². The maximum atomic E-state index is 12.0. The van der Waals surface area contributed by atoms with E-state index in [-0.39, 0.29) is 11.8 Å². The monoisotopic (exact) mass is 326 g/mol. The standard InChI is InChI=1S/C15H22N2O4S/c1-15(2,3)21-14(18)17-9-8-16-12-10-22(19,20)13-7-5-4-6-11(12)13/h4-7,12,16H,8-10H2,1-3H3,(H,17,18). The van der Waals surface area contributed by atoms with E-state index in [1.807, 2.05) is 12.1 Å². The number of nitrogens with one attached hydrogen (secondary N) is 2. The molecule has 1 amide bonds. The predicted octanol–water partition coefficient (Wildman–Crippen LogP) is 1.63. The van der Waals surface area contributed by atoms with Crippen LogP contribution < -0.4 is 10.6 Å². The van der Waals surface area contributed by atoms with Crippen LogP contribution in [-0.4, -0.2) is 39.0 Å². The summed E-state index contributed by atoms with van der Waals surface area (Å²) in [5.41, 5.74) is 0.260. The van der Waals surface area contributed by atoms with E-state index >= 15 is 0 Å².